The molecule has 0 bridgehead atoms. The van der Waals surface area contributed by atoms with E-state index < -0.39 is 0 Å². The molecule has 2 aliphatic rings. The van der Waals surface area contributed by atoms with Crippen LogP contribution in [0.2, 0.25) is 0 Å². The van der Waals surface area contributed by atoms with Crippen molar-refractivity contribution in [2.24, 2.45) is 0 Å². The Morgan fingerprint density at radius 2 is 1.95 bits per heavy atom. The molecule has 1 saturated carbocycles. The molecular formula is C16H31N3O2. The van der Waals surface area contributed by atoms with Crippen LogP contribution >= 0.6 is 0 Å². The molecule has 0 aromatic rings. The van der Waals surface area contributed by atoms with Gasteiger partial charge in [-0.15, -0.1) is 0 Å². The highest BCUT2D eigenvalue weighted by molar-refractivity contribution is 5.76. The van der Waals surface area contributed by atoms with Gasteiger partial charge in [-0.1, -0.05) is 12.8 Å². The Morgan fingerprint density at radius 1 is 1.29 bits per heavy atom. The summed E-state index contributed by atoms with van der Waals surface area (Å²) in [6, 6.07) is 0. The van der Waals surface area contributed by atoms with E-state index in [1.54, 1.807) is 0 Å². The van der Waals surface area contributed by atoms with Crippen molar-refractivity contribution in [1.82, 2.24) is 15.5 Å². The fraction of sp³-hybridized carbons (Fsp3) is 0.938. The topological polar surface area (TPSA) is 53.6 Å². The molecule has 1 aliphatic heterocycles. The van der Waals surface area contributed by atoms with Gasteiger partial charge in [0, 0.05) is 45.2 Å². The smallest absolute Gasteiger partial charge is 0.221 e. The van der Waals surface area contributed by atoms with Crippen LogP contribution < -0.4 is 10.6 Å². The Hall–Kier alpha value is -0.650. The summed E-state index contributed by atoms with van der Waals surface area (Å²) in [6.45, 7) is 3.76. The van der Waals surface area contributed by atoms with Gasteiger partial charge in [0.2, 0.25) is 5.91 Å². The quantitative estimate of drug-likeness (QED) is 0.740. The predicted octanol–water partition coefficient (Wildman–Crippen LogP) is 1.14. The van der Waals surface area contributed by atoms with Crippen molar-refractivity contribution in [3.05, 3.63) is 0 Å². The first-order valence-electron chi connectivity index (χ1n) is 8.39. The molecule has 5 nitrogen and oxygen atoms in total. The summed E-state index contributed by atoms with van der Waals surface area (Å²) in [6.07, 6.45) is 8.24. The molecule has 0 unspecified atom stereocenters. The Kier molecular flexibility index (Phi) is 6.45. The standard InChI is InChI=1S/C16H31N3O2/c1-17-10-5-15(20)18-13-16(8-3-4-9-16)19-11-6-14(21-2)7-12-19/h14,17H,3-13H2,1-2H3,(H,18,20). The zero-order valence-corrected chi connectivity index (χ0v) is 13.6. The molecule has 1 aliphatic carbocycles. The van der Waals surface area contributed by atoms with E-state index >= 15 is 0 Å². The Morgan fingerprint density at radius 3 is 2.52 bits per heavy atom. The maximum Gasteiger partial charge on any atom is 0.221 e. The Bertz CT molecular complexity index is 321. The zero-order valence-electron chi connectivity index (χ0n) is 13.6. The van der Waals surface area contributed by atoms with Crippen molar-refractivity contribution in [2.45, 2.75) is 56.6 Å². The van der Waals surface area contributed by atoms with E-state index in [1.807, 2.05) is 14.2 Å². The number of nitrogens with one attached hydrogen (secondary N) is 2. The van der Waals surface area contributed by atoms with Crippen LogP contribution in [0.1, 0.15) is 44.9 Å². The highest BCUT2D eigenvalue weighted by atomic mass is 16.5. The molecule has 21 heavy (non-hydrogen) atoms. The van der Waals surface area contributed by atoms with E-state index in [2.05, 4.69) is 15.5 Å². The lowest BCUT2D eigenvalue weighted by Gasteiger charge is -2.45. The molecule has 5 heteroatoms. The van der Waals surface area contributed by atoms with Crippen molar-refractivity contribution >= 4 is 5.91 Å². The Labute approximate surface area is 128 Å². The molecule has 0 atom stereocenters. The number of carbonyl (C=O) groups excluding carboxylic acids is 1. The number of amides is 1. The van der Waals surface area contributed by atoms with Gasteiger partial charge in [-0.25, -0.2) is 0 Å². The van der Waals surface area contributed by atoms with Crippen LogP contribution in [-0.4, -0.2) is 62.8 Å². The Balaban J connectivity index is 1.86. The molecule has 2 fully saturated rings. The van der Waals surface area contributed by atoms with Gasteiger partial charge >= 0.3 is 0 Å². The molecule has 1 amide bonds. The van der Waals surface area contributed by atoms with Crippen LogP contribution in [0.4, 0.5) is 0 Å². The summed E-state index contributed by atoms with van der Waals surface area (Å²) < 4.78 is 5.47. The van der Waals surface area contributed by atoms with E-state index in [0.717, 1.165) is 39.0 Å². The van der Waals surface area contributed by atoms with Crippen LogP contribution in [0.15, 0.2) is 0 Å². The zero-order chi connectivity index (χ0) is 15.1. The van der Waals surface area contributed by atoms with Gasteiger partial charge in [0.25, 0.3) is 0 Å². The van der Waals surface area contributed by atoms with Crippen molar-refractivity contribution in [2.75, 3.05) is 40.3 Å². The number of carbonyl (C=O) groups is 1. The largest absolute Gasteiger partial charge is 0.381 e. The van der Waals surface area contributed by atoms with Gasteiger partial charge in [0.1, 0.15) is 0 Å². The highest BCUT2D eigenvalue weighted by Crippen LogP contribution is 2.36. The molecule has 0 radical (unpaired) electrons. The number of hydrogen-bond donors (Lipinski definition) is 2. The van der Waals surface area contributed by atoms with E-state index in [4.69, 9.17) is 4.74 Å². The maximum absolute atomic E-state index is 11.9. The molecule has 1 saturated heterocycles. The number of rotatable bonds is 7. The number of piperidine rings is 1. The molecule has 1 heterocycles. The SMILES string of the molecule is CNCCC(=O)NCC1(N2CCC(OC)CC2)CCCC1. The summed E-state index contributed by atoms with van der Waals surface area (Å²) in [5.41, 5.74) is 0.202. The third-order valence-electron chi connectivity index (χ3n) is 5.20. The molecular weight excluding hydrogens is 266 g/mol. The summed E-state index contributed by atoms with van der Waals surface area (Å²) in [5.74, 6) is 0.169. The first-order valence-corrected chi connectivity index (χ1v) is 8.39. The first-order chi connectivity index (χ1) is 10.2. The number of likely N-dealkylation sites (tertiary alicyclic amines) is 1. The fourth-order valence-electron chi connectivity index (χ4n) is 3.79. The van der Waals surface area contributed by atoms with Crippen molar-refractivity contribution in [3.63, 3.8) is 0 Å². The molecule has 122 valence electrons. The van der Waals surface area contributed by atoms with Crippen LogP contribution in [0.5, 0.6) is 0 Å². The molecule has 0 aromatic carbocycles. The third-order valence-corrected chi connectivity index (χ3v) is 5.20. The van der Waals surface area contributed by atoms with E-state index in [9.17, 15) is 4.79 Å². The van der Waals surface area contributed by atoms with Crippen LogP contribution in [0.25, 0.3) is 0 Å². The van der Waals surface area contributed by atoms with Gasteiger partial charge in [-0.05, 0) is 32.7 Å². The van der Waals surface area contributed by atoms with Gasteiger partial charge in [0.15, 0.2) is 0 Å². The third kappa shape index (κ3) is 4.41. The minimum Gasteiger partial charge on any atom is -0.381 e. The van der Waals surface area contributed by atoms with Gasteiger partial charge in [-0.2, -0.15) is 0 Å². The summed E-state index contributed by atoms with van der Waals surface area (Å²) in [5, 5.41) is 6.20. The maximum atomic E-state index is 11.9. The van der Waals surface area contributed by atoms with Gasteiger partial charge in [0.05, 0.1) is 6.10 Å². The normalized spacial score (nSPS) is 23.3. The van der Waals surface area contributed by atoms with Crippen LogP contribution in [0.3, 0.4) is 0 Å². The summed E-state index contributed by atoms with van der Waals surface area (Å²) >= 11 is 0. The first kappa shape index (κ1) is 16.7. The van der Waals surface area contributed by atoms with Gasteiger partial charge < -0.3 is 15.4 Å². The van der Waals surface area contributed by atoms with Crippen molar-refractivity contribution in [1.29, 1.82) is 0 Å². The number of ether oxygens (including phenoxy) is 1. The lowest BCUT2D eigenvalue weighted by atomic mass is 9.91. The highest BCUT2D eigenvalue weighted by Gasteiger charge is 2.41. The van der Waals surface area contributed by atoms with E-state index in [0.29, 0.717) is 12.5 Å². The second-order valence-corrected chi connectivity index (χ2v) is 6.48. The number of methoxy groups -OCH3 is 1. The average molecular weight is 297 g/mol. The fourth-order valence-corrected chi connectivity index (χ4v) is 3.79. The predicted molar refractivity (Wildman–Crippen MR) is 84.4 cm³/mol. The lowest BCUT2D eigenvalue weighted by Crippen LogP contribution is -2.57. The minimum absolute atomic E-state index is 0.169. The van der Waals surface area contributed by atoms with E-state index in [1.165, 1.54) is 25.7 Å². The van der Waals surface area contributed by atoms with Crippen molar-refractivity contribution in [3.8, 4) is 0 Å². The van der Waals surface area contributed by atoms with Gasteiger partial charge in [-0.3, -0.25) is 9.69 Å². The molecule has 0 aromatic heterocycles. The summed E-state index contributed by atoms with van der Waals surface area (Å²) in [4.78, 5) is 14.5. The number of nitrogens with zero attached hydrogens (tertiary/aromatic N) is 1. The van der Waals surface area contributed by atoms with Crippen molar-refractivity contribution < 1.29 is 9.53 Å². The molecule has 0 spiro atoms. The molecule has 2 rings (SSSR count). The lowest BCUT2D eigenvalue weighted by molar-refractivity contribution is -0.121. The van der Waals surface area contributed by atoms with Crippen LogP contribution in [0, 0.1) is 0 Å². The van der Waals surface area contributed by atoms with E-state index in [-0.39, 0.29) is 11.4 Å². The van der Waals surface area contributed by atoms with Crippen LogP contribution in [-0.2, 0) is 9.53 Å². The minimum atomic E-state index is 0.169. The monoisotopic (exact) mass is 297 g/mol. The molecule has 2 N–H and O–H groups in total. The summed E-state index contributed by atoms with van der Waals surface area (Å²) in [7, 11) is 3.69. The average Bonchev–Trinajstić information content (AvgIpc) is 3.01. The second kappa shape index (κ2) is 8.11. The number of hydrogen-bond acceptors (Lipinski definition) is 4. The second-order valence-electron chi connectivity index (χ2n) is 6.48.